The molecule has 2 aromatic rings. The molecule has 0 saturated heterocycles. The summed E-state index contributed by atoms with van der Waals surface area (Å²) in [4.78, 5) is 9.37. The van der Waals surface area contributed by atoms with Gasteiger partial charge in [0.25, 0.3) is 0 Å². The number of hydrogen-bond acceptors (Lipinski definition) is 6. The molecule has 7 heteroatoms. The normalized spacial score (nSPS) is 10.3. The molecular weight excluding hydrogens is 270 g/mol. The van der Waals surface area contributed by atoms with Crippen LogP contribution in [0.25, 0.3) is 0 Å². The lowest BCUT2D eigenvalue weighted by Crippen LogP contribution is -2.08. The Morgan fingerprint density at radius 1 is 1.33 bits per heavy atom. The first kappa shape index (κ1) is 12.9. The molecule has 0 aromatic carbocycles. The standard InChI is InChI=1S/C11H14ClN5S/c1-14-9-6-10(17-11(13)16-9)15-5-4-7-2-3-8(12)18-7/h2-3,6H,4-5H2,1H3,(H4,13,14,15,16,17). The molecule has 0 aliphatic rings. The number of anilines is 3. The van der Waals surface area contributed by atoms with E-state index in [0.29, 0.717) is 5.82 Å². The number of thiophene rings is 1. The van der Waals surface area contributed by atoms with Gasteiger partial charge in [-0.3, -0.25) is 0 Å². The molecule has 0 amide bonds. The second kappa shape index (κ2) is 5.88. The predicted molar refractivity (Wildman–Crippen MR) is 77.5 cm³/mol. The minimum absolute atomic E-state index is 0.253. The third-order valence-corrected chi connectivity index (χ3v) is 3.60. The van der Waals surface area contributed by atoms with Gasteiger partial charge in [0.05, 0.1) is 4.34 Å². The summed E-state index contributed by atoms with van der Waals surface area (Å²) in [6, 6.07) is 5.75. The van der Waals surface area contributed by atoms with E-state index in [-0.39, 0.29) is 5.95 Å². The van der Waals surface area contributed by atoms with Crippen molar-refractivity contribution in [3.63, 3.8) is 0 Å². The summed E-state index contributed by atoms with van der Waals surface area (Å²) in [7, 11) is 1.79. The Balaban J connectivity index is 1.91. The van der Waals surface area contributed by atoms with Gasteiger partial charge in [-0.05, 0) is 18.6 Å². The SMILES string of the molecule is CNc1cc(NCCc2ccc(Cl)s2)nc(N)n1. The third kappa shape index (κ3) is 3.48. The average molecular weight is 284 g/mol. The highest BCUT2D eigenvalue weighted by Gasteiger charge is 2.02. The van der Waals surface area contributed by atoms with Gasteiger partial charge in [0, 0.05) is 24.5 Å². The van der Waals surface area contributed by atoms with Crippen molar-refractivity contribution in [2.75, 3.05) is 30.0 Å². The van der Waals surface area contributed by atoms with Gasteiger partial charge in [0.2, 0.25) is 5.95 Å². The Hall–Kier alpha value is -1.53. The van der Waals surface area contributed by atoms with Crippen LogP contribution in [-0.4, -0.2) is 23.6 Å². The second-order valence-corrected chi connectivity index (χ2v) is 5.43. The number of rotatable bonds is 5. The summed E-state index contributed by atoms with van der Waals surface area (Å²) < 4.78 is 0.814. The molecule has 0 unspecified atom stereocenters. The van der Waals surface area contributed by atoms with E-state index in [1.54, 1.807) is 18.4 Å². The summed E-state index contributed by atoms with van der Waals surface area (Å²) in [6.45, 7) is 0.774. The first-order valence-electron chi connectivity index (χ1n) is 5.48. The molecule has 0 spiro atoms. The lowest BCUT2D eigenvalue weighted by Gasteiger charge is -2.07. The maximum Gasteiger partial charge on any atom is 0.223 e. The van der Waals surface area contributed by atoms with E-state index in [1.807, 2.05) is 18.2 Å². The molecule has 18 heavy (non-hydrogen) atoms. The van der Waals surface area contributed by atoms with Crippen LogP contribution in [0, 0.1) is 0 Å². The van der Waals surface area contributed by atoms with Gasteiger partial charge in [0.15, 0.2) is 0 Å². The van der Waals surface area contributed by atoms with Gasteiger partial charge in [-0.25, -0.2) is 0 Å². The summed E-state index contributed by atoms with van der Waals surface area (Å²) in [6.07, 6.45) is 0.899. The molecule has 0 radical (unpaired) electrons. The topological polar surface area (TPSA) is 75.9 Å². The maximum atomic E-state index is 5.87. The highest BCUT2D eigenvalue weighted by molar-refractivity contribution is 7.16. The Morgan fingerprint density at radius 3 is 2.78 bits per heavy atom. The van der Waals surface area contributed by atoms with Crippen molar-refractivity contribution >= 4 is 40.5 Å². The number of aromatic nitrogens is 2. The number of nitrogens with one attached hydrogen (secondary N) is 2. The van der Waals surface area contributed by atoms with Crippen LogP contribution in [0.5, 0.6) is 0 Å². The molecule has 4 N–H and O–H groups in total. The molecule has 0 bridgehead atoms. The van der Waals surface area contributed by atoms with E-state index in [1.165, 1.54) is 4.88 Å². The molecule has 0 aliphatic heterocycles. The van der Waals surface area contributed by atoms with Crippen LogP contribution in [-0.2, 0) is 6.42 Å². The molecule has 96 valence electrons. The Bertz CT molecular complexity index is 528. The number of nitrogens with two attached hydrogens (primary N) is 1. The van der Waals surface area contributed by atoms with Crippen LogP contribution in [0.1, 0.15) is 4.88 Å². The molecular formula is C11H14ClN5S. The molecule has 0 saturated carbocycles. The lowest BCUT2D eigenvalue weighted by atomic mass is 10.3. The highest BCUT2D eigenvalue weighted by Crippen LogP contribution is 2.21. The first-order valence-corrected chi connectivity index (χ1v) is 6.67. The summed E-state index contributed by atoms with van der Waals surface area (Å²) in [5, 5.41) is 6.14. The molecule has 5 nitrogen and oxygen atoms in total. The van der Waals surface area contributed by atoms with Crippen LogP contribution in [0.15, 0.2) is 18.2 Å². The van der Waals surface area contributed by atoms with Crippen molar-refractivity contribution in [2.24, 2.45) is 0 Å². The molecule has 2 aromatic heterocycles. The van der Waals surface area contributed by atoms with Crippen molar-refractivity contribution in [3.8, 4) is 0 Å². The van der Waals surface area contributed by atoms with Crippen molar-refractivity contribution in [1.82, 2.24) is 9.97 Å². The largest absolute Gasteiger partial charge is 0.373 e. The summed E-state index contributed by atoms with van der Waals surface area (Å²) >= 11 is 7.46. The number of hydrogen-bond donors (Lipinski definition) is 3. The van der Waals surface area contributed by atoms with E-state index >= 15 is 0 Å². The fourth-order valence-electron chi connectivity index (χ4n) is 1.48. The second-order valence-electron chi connectivity index (χ2n) is 3.63. The zero-order valence-electron chi connectivity index (χ0n) is 9.90. The Morgan fingerprint density at radius 2 is 2.11 bits per heavy atom. The highest BCUT2D eigenvalue weighted by atomic mass is 35.5. The van der Waals surface area contributed by atoms with Crippen molar-refractivity contribution < 1.29 is 0 Å². The van der Waals surface area contributed by atoms with Crippen molar-refractivity contribution in [1.29, 1.82) is 0 Å². The molecule has 2 heterocycles. The molecule has 0 atom stereocenters. The van der Waals surface area contributed by atoms with E-state index in [9.17, 15) is 0 Å². The summed E-state index contributed by atoms with van der Waals surface area (Å²) in [5.41, 5.74) is 5.60. The van der Waals surface area contributed by atoms with Crippen LogP contribution < -0.4 is 16.4 Å². The van der Waals surface area contributed by atoms with Gasteiger partial charge in [-0.2, -0.15) is 9.97 Å². The van der Waals surface area contributed by atoms with Crippen LogP contribution in [0.2, 0.25) is 4.34 Å². The van der Waals surface area contributed by atoms with Gasteiger partial charge in [0.1, 0.15) is 11.6 Å². The smallest absolute Gasteiger partial charge is 0.223 e. The van der Waals surface area contributed by atoms with E-state index in [0.717, 1.165) is 23.1 Å². The fourth-order valence-corrected chi connectivity index (χ4v) is 2.57. The van der Waals surface area contributed by atoms with Crippen molar-refractivity contribution in [2.45, 2.75) is 6.42 Å². The van der Waals surface area contributed by atoms with Gasteiger partial charge in [-0.15, -0.1) is 11.3 Å². The minimum Gasteiger partial charge on any atom is -0.373 e. The number of nitrogens with zero attached hydrogens (tertiary/aromatic N) is 2. The first-order chi connectivity index (χ1) is 8.67. The predicted octanol–water partition coefficient (Wildman–Crippen LogP) is 2.47. The minimum atomic E-state index is 0.253. The van der Waals surface area contributed by atoms with Crippen LogP contribution >= 0.6 is 22.9 Å². The summed E-state index contributed by atoms with van der Waals surface area (Å²) in [5.74, 6) is 1.67. The number of halogens is 1. The van der Waals surface area contributed by atoms with Crippen LogP contribution in [0.3, 0.4) is 0 Å². The van der Waals surface area contributed by atoms with E-state index in [2.05, 4.69) is 20.6 Å². The van der Waals surface area contributed by atoms with Gasteiger partial charge < -0.3 is 16.4 Å². The monoisotopic (exact) mass is 283 g/mol. The Kier molecular flexibility index (Phi) is 4.22. The maximum absolute atomic E-state index is 5.87. The Labute approximate surface area is 114 Å². The van der Waals surface area contributed by atoms with Gasteiger partial charge in [-0.1, -0.05) is 11.6 Å². The third-order valence-electron chi connectivity index (χ3n) is 2.31. The molecule has 0 aliphatic carbocycles. The van der Waals surface area contributed by atoms with Gasteiger partial charge >= 0.3 is 0 Å². The quantitative estimate of drug-likeness (QED) is 0.786. The number of nitrogen functional groups attached to an aromatic ring is 1. The van der Waals surface area contributed by atoms with E-state index < -0.39 is 0 Å². The molecule has 0 fully saturated rings. The van der Waals surface area contributed by atoms with E-state index in [4.69, 9.17) is 17.3 Å². The zero-order chi connectivity index (χ0) is 13.0. The zero-order valence-corrected chi connectivity index (χ0v) is 11.5. The van der Waals surface area contributed by atoms with Crippen LogP contribution in [0.4, 0.5) is 17.6 Å². The molecule has 2 rings (SSSR count). The fraction of sp³-hybridized carbons (Fsp3) is 0.273. The van der Waals surface area contributed by atoms with Crippen molar-refractivity contribution in [3.05, 3.63) is 27.4 Å². The average Bonchev–Trinajstić information content (AvgIpc) is 2.74. The lowest BCUT2D eigenvalue weighted by molar-refractivity contribution is 1.02.